The minimum atomic E-state index is -4.14. The summed E-state index contributed by atoms with van der Waals surface area (Å²) in [7, 11) is -4.14. The van der Waals surface area contributed by atoms with Crippen molar-refractivity contribution in [3.8, 4) is 0 Å². The van der Waals surface area contributed by atoms with Gasteiger partial charge in [0.05, 0.1) is 12.2 Å². The molecule has 1 spiro atoms. The lowest BCUT2D eigenvalue weighted by Gasteiger charge is -2.32. The van der Waals surface area contributed by atoms with E-state index in [0.29, 0.717) is 16.9 Å². The van der Waals surface area contributed by atoms with Crippen molar-refractivity contribution in [2.75, 3.05) is 15.6 Å². The van der Waals surface area contributed by atoms with Crippen LogP contribution in [0.15, 0.2) is 78.9 Å². The van der Waals surface area contributed by atoms with Gasteiger partial charge in [-0.3, -0.25) is 14.5 Å². The predicted molar refractivity (Wildman–Crippen MR) is 118 cm³/mol. The minimum Gasteiger partial charge on any atom is -0.304 e. The van der Waals surface area contributed by atoms with Crippen molar-refractivity contribution in [1.29, 1.82) is 0 Å². The monoisotopic (exact) mass is 432 g/mol. The highest BCUT2D eigenvalue weighted by Gasteiger charge is 2.69. The summed E-state index contributed by atoms with van der Waals surface area (Å²) in [5, 5.41) is 0. The zero-order chi connectivity index (χ0) is 21.8. The number of benzene rings is 3. The Morgan fingerprint density at radius 2 is 1.61 bits per heavy atom. The van der Waals surface area contributed by atoms with Gasteiger partial charge in [-0.05, 0) is 30.7 Å². The van der Waals surface area contributed by atoms with Gasteiger partial charge in [-0.1, -0.05) is 66.2 Å². The zero-order valence-corrected chi connectivity index (χ0v) is 17.7. The number of nitrogens with zero attached hydrogens (tertiary/aromatic N) is 2. The van der Waals surface area contributed by atoms with E-state index in [0.717, 1.165) is 11.1 Å². The van der Waals surface area contributed by atoms with E-state index in [1.165, 1.54) is 9.80 Å². The van der Waals surface area contributed by atoms with Crippen molar-refractivity contribution >= 4 is 33.0 Å². The topological polar surface area (TPSA) is 74.8 Å². The first-order valence-corrected chi connectivity index (χ1v) is 11.6. The van der Waals surface area contributed by atoms with E-state index in [2.05, 4.69) is 0 Å². The van der Waals surface area contributed by atoms with Crippen LogP contribution < -0.4 is 9.80 Å². The van der Waals surface area contributed by atoms with Gasteiger partial charge in [-0.15, -0.1) is 0 Å². The van der Waals surface area contributed by atoms with Crippen LogP contribution in [0.25, 0.3) is 0 Å². The molecule has 1 unspecified atom stereocenters. The molecule has 0 radical (unpaired) electrons. The second-order valence-electron chi connectivity index (χ2n) is 7.87. The molecule has 0 aliphatic carbocycles. The Balaban J connectivity index is 1.74. The Bertz CT molecular complexity index is 1320. The van der Waals surface area contributed by atoms with E-state index >= 15 is 0 Å². The first kappa shape index (κ1) is 19.5. The Labute approximate surface area is 180 Å². The van der Waals surface area contributed by atoms with E-state index in [-0.39, 0.29) is 6.54 Å². The Kier molecular flexibility index (Phi) is 4.27. The second-order valence-corrected chi connectivity index (χ2v) is 9.97. The summed E-state index contributed by atoms with van der Waals surface area (Å²) >= 11 is 0. The SMILES string of the molecule is Cc1cccc(CN2C(=O)C3(c4ccccc42)N(c2ccccc2)C(=O)CS3(=O)=O)c1. The van der Waals surface area contributed by atoms with E-state index in [4.69, 9.17) is 0 Å². The van der Waals surface area contributed by atoms with Crippen LogP contribution >= 0.6 is 0 Å². The summed E-state index contributed by atoms with van der Waals surface area (Å²) in [6.07, 6.45) is 0. The van der Waals surface area contributed by atoms with Crippen molar-refractivity contribution < 1.29 is 18.0 Å². The summed E-state index contributed by atoms with van der Waals surface area (Å²) in [6, 6.07) is 23.1. The predicted octanol–water partition coefficient (Wildman–Crippen LogP) is 3.16. The zero-order valence-electron chi connectivity index (χ0n) is 16.9. The number of anilines is 2. The van der Waals surface area contributed by atoms with Crippen molar-refractivity contribution in [1.82, 2.24) is 0 Å². The fourth-order valence-corrected chi connectivity index (χ4v) is 6.65. The highest BCUT2D eigenvalue weighted by molar-refractivity contribution is 7.94. The van der Waals surface area contributed by atoms with E-state index in [9.17, 15) is 18.0 Å². The van der Waals surface area contributed by atoms with Gasteiger partial charge in [0, 0.05) is 11.3 Å². The normalized spacial score (nSPS) is 21.7. The molecule has 156 valence electrons. The van der Waals surface area contributed by atoms with Crippen molar-refractivity contribution in [2.45, 2.75) is 18.3 Å². The van der Waals surface area contributed by atoms with Crippen LogP contribution in [0.1, 0.15) is 16.7 Å². The Morgan fingerprint density at radius 3 is 2.35 bits per heavy atom. The Morgan fingerprint density at radius 1 is 0.903 bits per heavy atom. The van der Waals surface area contributed by atoms with Crippen LogP contribution in [0.2, 0.25) is 0 Å². The first-order chi connectivity index (χ1) is 14.9. The van der Waals surface area contributed by atoms with Crippen LogP contribution in [-0.2, 0) is 30.8 Å². The molecule has 1 atom stereocenters. The molecule has 3 aromatic carbocycles. The van der Waals surface area contributed by atoms with Gasteiger partial charge in [0.1, 0.15) is 5.75 Å². The smallest absolute Gasteiger partial charge is 0.274 e. The second kappa shape index (κ2) is 6.78. The van der Waals surface area contributed by atoms with Gasteiger partial charge in [-0.25, -0.2) is 8.42 Å². The highest BCUT2D eigenvalue weighted by atomic mass is 32.2. The number of carbonyl (C=O) groups is 2. The van der Waals surface area contributed by atoms with Crippen molar-refractivity contribution in [2.24, 2.45) is 0 Å². The average molecular weight is 433 g/mol. The summed E-state index contributed by atoms with van der Waals surface area (Å²) < 4.78 is 27.0. The van der Waals surface area contributed by atoms with Crippen molar-refractivity contribution in [3.05, 3.63) is 95.6 Å². The molecule has 7 heteroatoms. The van der Waals surface area contributed by atoms with Gasteiger partial charge in [0.25, 0.3) is 10.8 Å². The fourth-order valence-electron chi connectivity index (χ4n) is 4.62. The maximum atomic E-state index is 14.0. The molecular formula is C24H20N2O4S. The standard InChI is InChI=1S/C24H20N2O4S/c1-17-8-7-9-18(14-17)15-25-21-13-6-5-12-20(21)24(23(25)28)26(19-10-3-2-4-11-19)22(27)16-31(24,29)30/h2-14H,15-16H2,1H3. The minimum absolute atomic E-state index is 0.214. The lowest BCUT2D eigenvalue weighted by Crippen LogP contribution is -2.54. The molecule has 2 heterocycles. The summed E-state index contributed by atoms with van der Waals surface area (Å²) in [5.74, 6) is -1.93. The quantitative estimate of drug-likeness (QED) is 0.637. The molecule has 2 aliphatic heterocycles. The molecule has 1 fully saturated rings. The molecule has 1 saturated heterocycles. The average Bonchev–Trinajstić information content (AvgIpc) is 3.12. The lowest BCUT2D eigenvalue weighted by molar-refractivity contribution is -0.123. The number of carbonyl (C=O) groups excluding carboxylic acids is 2. The maximum Gasteiger partial charge on any atom is 0.274 e. The van der Waals surface area contributed by atoms with Gasteiger partial charge in [0.2, 0.25) is 5.91 Å². The van der Waals surface area contributed by atoms with Gasteiger partial charge >= 0.3 is 0 Å². The molecule has 0 N–H and O–H groups in total. The van der Waals surface area contributed by atoms with Crippen LogP contribution in [0.5, 0.6) is 0 Å². The third-order valence-corrected chi connectivity index (χ3v) is 7.96. The molecule has 31 heavy (non-hydrogen) atoms. The number of hydrogen-bond donors (Lipinski definition) is 0. The molecular weight excluding hydrogens is 412 g/mol. The number of fused-ring (bicyclic) bond motifs is 2. The van der Waals surface area contributed by atoms with Crippen LogP contribution in [-0.4, -0.2) is 26.0 Å². The number of hydrogen-bond acceptors (Lipinski definition) is 4. The highest BCUT2D eigenvalue weighted by Crippen LogP contribution is 2.52. The van der Waals surface area contributed by atoms with Gasteiger partial charge in [-0.2, -0.15) is 0 Å². The molecule has 0 saturated carbocycles. The van der Waals surface area contributed by atoms with Crippen molar-refractivity contribution in [3.63, 3.8) is 0 Å². The van der Waals surface area contributed by atoms with E-state index in [1.54, 1.807) is 54.6 Å². The third kappa shape index (κ3) is 2.66. The third-order valence-electron chi connectivity index (χ3n) is 5.86. The molecule has 2 aliphatic rings. The maximum absolute atomic E-state index is 14.0. The molecule has 0 aromatic heterocycles. The molecule has 6 nitrogen and oxygen atoms in total. The summed E-state index contributed by atoms with van der Waals surface area (Å²) in [4.78, 5) is 27.5. The molecule has 5 rings (SSSR count). The van der Waals surface area contributed by atoms with E-state index < -0.39 is 32.3 Å². The number of amides is 2. The molecule has 0 bridgehead atoms. The van der Waals surface area contributed by atoms with Crippen LogP contribution in [0.4, 0.5) is 11.4 Å². The Hall–Kier alpha value is -3.45. The number of aryl methyl sites for hydroxylation is 1. The molecule has 3 aromatic rings. The van der Waals surface area contributed by atoms with Crippen LogP contribution in [0.3, 0.4) is 0 Å². The number of para-hydroxylation sites is 2. The largest absolute Gasteiger partial charge is 0.304 e. The lowest BCUT2D eigenvalue weighted by atomic mass is 10.0. The summed E-state index contributed by atoms with van der Waals surface area (Å²) in [5.41, 5.74) is 3.14. The fraction of sp³-hybridized carbons (Fsp3) is 0.167. The van der Waals surface area contributed by atoms with Gasteiger partial charge in [0.15, 0.2) is 9.84 Å². The molecule has 2 amide bonds. The van der Waals surface area contributed by atoms with E-state index in [1.807, 2.05) is 31.2 Å². The van der Waals surface area contributed by atoms with Crippen LogP contribution in [0, 0.1) is 6.92 Å². The first-order valence-electron chi connectivity index (χ1n) is 9.94. The summed E-state index contributed by atoms with van der Waals surface area (Å²) in [6.45, 7) is 2.17. The number of sulfone groups is 1. The number of rotatable bonds is 3. The van der Waals surface area contributed by atoms with Gasteiger partial charge < -0.3 is 4.90 Å².